The third-order valence-corrected chi connectivity index (χ3v) is 2.56. The number of nitrogens with one attached hydrogen (secondary N) is 2. The van der Waals surface area contributed by atoms with Crippen molar-refractivity contribution in [2.75, 3.05) is 6.54 Å². The van der Waals surface area contributed by atoms with Gasteiger partial charge < -0.3 is 5.32 Å². The average Bonchev–Trinajstić information content (AvgIpc) is 2.38. The molecule has 4 nitrogen and oxygen atoms in total. The molecule has 0 spiro atoms. The minimum absolute atomic E-state index is 0.0312. The predicted octanol–water partition coefficient (Wildman–Crippen LogP) is 1.52. The number of rotatable bonds is 4. The van der Waals surface area contributed by atoms with Gasteiger partial charge in [0, 0.05) is 6.54 Å². The first-order valence-corrected chi connectivity index (χ1v) is 5.97. The van der Waals surface area contributed by atoms with Crippen molar-refractivity contribution in [2.24, 2.45) is 16.8 Å². The molecular weight excluding hydrogens is 202 g/mol. The van der Waals surface area contributed by atoms with Crippen molar-refractivity contribution < 1.29 is 4.79 Å². The summed E-state index contributed by atoms with van der Waals surface area (Å²) >= 11 is 0. The molecule has 4 heteroatoms. The first-order valence-electron chi connectivity index (χ1n) is 5.97. The molecule has 0 radical (unpaired) electrons. The maximum absolute atomic E-state index is 11.8. The largest absolute Gasteiger partial charge is 0.342 e. The lowest BCUT2D eigenvalue weighted by atomic mass is 9.91. The van der Waals surface area contributed by atoms with Crippen LogP contribution in [0.1, 0.15) is 41.0 Å². The molecule has 0 aliphatic carbocycles. The highest BCUT2D eigenvalue weighted by Gasteiger charge is 2.40. The van der Waals surface area contributed by atoms with Crippen molar-refractivity contribution in [2.45, 2.75) is 46.6 Å². The quantitative estimate of drug-likeness (QED) is 0.762. The van der Waals surface area contributed by atoms with Crippen LogP contribution in [-0.2, 0) is 4.79 Å². The molecule has 0 aromatic carbocycles. The summed E-state index contributed by atoms with van der Waals surface area (Å²) in [6, 6.07) is 0. The molecule has 92 valence electrons. The molecule has 1 aliphatic rings. The predicted molar refractivity (Wildman–Crippen MR) is 66.3 cm³/mol. The fraction of sp³-hybridized carbons (Fsp3) is 0.833. The van der Waals surface area contributed by atoms with Gasteiger partial charge in [-0.1, -0.05) is 27.7 Å². The highest BCUT2D eigenvalue weighted by molar-refractivity contribution is 6.08. The topological polar surface area (TPSA) is 53.5 Å². The van der Waals surface area contributed by atoms with Crippen molar-refractivity contribution in [3.63, 3.8) is 0 Å². The molecule has 0 aromatic rings. The summed E-state index contributed by atoms with van der Waals surface area (Å²) < 4.78 is 0. The molecule has 1 fully saturated rings. The van der Waals surface area contributed by atoms with E-state index in [2.05, 4.69) is 43.3 Å². The lowest BCUT2D eigenvalue weighted by Crippen LogP contribution is -2.44. The highest BCUT2D eigenvalue weighted by atomic mass is 16.2. The van der Waals surface area contributed by atoms with Crippen LogP contribution in [0.15, 0.2) is 4.99 Å². The van der Waals surface area contributed by atoms with Gasteiger partial charge >= 0.3 is 0 Å². The summed E-state index contributed by atoms with van der Waals surface area (Å²) in [4.78, 5) is 16.2. The van der Waals surface area contributed by atoms with Crippen molar-refractivity contribution in [3.8, 4) is 0 Å². The Morgan fingerprint density at radius 3 is 2.38 bits per heavy atom. The van der Waals surface area contributed by atoms with Crippen LogP contribution >= 0.6 is 0 Å². The SMILES string of the molecule is CC(C)CN=C1NC(=O)C(C)(CC(C)C)N1. The summed E-state index contributed by atoms with van der Waals surface area (Å²) in [7, 11) is 0. The van der Waals surface area contributed by atoms with Gasteiger partial charge in [-0.05, 0) is 25.2 Å². The van der Waals surface area contributed by atoms with Crippen LogP contribution in [0, 0.1) is 11.8 Å². The molecule has 16 heavy (non-hydrogen) atoms. The summed E-state index contributed by atoms with van der Waals surface area (Å²) in [6.45, 7) is 11.1. The van der Waals surface area contributed by atoms with E-state index in [9.17, 15) is 4.79 Å². The van der Waals surface area contributed by atoms with Gasteiger partial charge in [0.15, 0.2) is 5.96 Å². The van der Waals surface area contributed by atoms with Gasteiger partial charge in [0.25, 0.3) is 5.91 Å². The van der Waals surface area contributed by atoms with Crippen LogP contribution in [0.25, 0.3) is 0 Å². The third kappa shape index (κ3) is 3.22. The summed E-state index contributed by atoms with van der Waals surface area (Å²) in [6.07, 6.45) is 0.819. The molecule has 1 aliphatic heterocycles. The fourth-order valence-electron chi connectivity index (χ4n) is 1.91. The molecule has 1 rings (SSSR count). The number of guanidine groups is 1. The van der Waals surface area contributed by atoms with Gasteiger partial charge in [0.2, 0.25) is 0 Å². The van der Waals surface area contributed by atoms with Gasteiger partial charge in [-0.25, -0.2) is 0 Å². The number of carbonyl (C=O) groups is 1. The summed E-state index contributed by atoms with van der Waals surface area (Å²) in [5.41, 5.74) is -0.496. The molecular formula is C12H23N3O. The van der Waals surface area contributed by atoms with Crippen molar-refractivity contribution in [3.05, 3.63) is 0 Å². The Bertz CT molecular complexity index is 297. The second-order valence-electron chi connectivity index (χ2n) is 5.59. The Kier molecular flexibility index (Phi) is 3.94. The molecule has 0 saturated carbocycles. The lowest BCUT2D eigenvalue weighted by Gasteiger charge is -2.22. The Labute approximate surface area is 97.9 Å². The van der Waals surface area contributed by atoms with Crippen LogP contribution < -0.4 is 10.6 Å². The van der Waals surface area contributed by atoms with E-state index < -0.39 is 5.54 Å². The number of hydrogen-bond acceptors (Lipinski definition) is 2. The summed E-state index contributed by atoms with van der Waals surface area (Å²) in [5.74, 6) is 1.64. The fourth-order valence-corrected chi connectivity index (χ4v) is 1.91. The normalized spacial score (nSPS) is 27.7. The first kappa shape index (κ1) is 13.0. The van der Waals surface area contributed by atoms with E-state index in [-0.39, 0.29) is 5.91 Å². The number of amides is 1. The molecule has 1 atom stereocenters. The monoisotopic (exact) mass is 225 g/mol. The van der Waals surface area contributed by atoms with Gasteiger partial charge in [0.1, 0.15) is 5.54 Å². The number of hydrogen-bond donors (Lipinski definition) is 2. The second-order valence-corrected chi connectivity index (χ2v) is 5.59. The zero-order chi connectivity index (χ0) is 12.3. The van der Waals surface area contributed by atoms with E-state index in [1.807, 2.05) is 6.92 Å². The van der Waals surface area contributed by atoms with E-state index >= 15 is 0 Å². The molecule has 0 bridgehead atoms. The van der Waals surface area contributed by atoms with Gasteiger partial charge in [-0.3, -0.25) is 15.1 Å². The maximum Gasteiger partial charge on any atom is 0.252 e. The minimum atomic E-state index is -0.496. The Morgan fingerprint density at radius 1 is 1.25 bits per heavy atom. The van der Waals surface area contributed by atoms with Gasteiger partial charge in [0.05, 0.1) is 0 Å². The Balaban J connectivity index is 2.66. The molecule has 0 aromatic heterocycles. The smallest absolute Gasteiger partial charge is 0.252 e. The number of nitrogens with zero attached hydrogens (tertiary/aromatic N) is 1. The van der Waals surface area contributed by atoms with Crippen molar-refractivity contribution in [1.82, 2.24) is 10.6 Å². The minimum Gasteiger partial charge on any atom is -0.342 e. The molecule has 1 heterocycles. The second kappa shape index (κ2) is 4.85. The van der Waals surface area contributed by atoms with E-state index in [0.717, 1.165) is 13.0 Å². The van der Waals surface area contributed by atoms with E-state index in [0.29, 0.717) is 17.8 Å². The highest BCUT2D eigenvalue weighted by Crippen LogP contribution is 2.19. The maximum atomic E-state index is 11.8. The first-order chi connectivity index (χ1) is 7.33. The lowest BCUT2D eigenvalue weighted by molar-refractivity contribution is -0.123. The van der Waals surface area contributed by atoms with Crippen LogP contribution in [-0.4, -0.2) is 24.0 Å². The Morgan fingerprint density at radius 2 is 1.88 bits per heavy atom. The van der Waals surface area contributed by atoms with Gasteiger partial charge in [-0.15, -0.1) is 0 Å². The van der Waals surface area contributed by atoms with E-state index in [1.165, 1.54) is 0 Å². The Hall–Kier alpha value is -1.06. The van der Waals surface area contributed by atoms with Crippen molar-refractivity contribution >= 4 is 11.9 Å². The van der Waals surface area contributed by atoms with E-state index in [4.69, 9.17) is 0 Å². The summed E-state index contributed by atoms with van der Waals surface area (Å²) in [5, 5.41) is 6.00. The molecule has 2 N–H and O–H groups in total. The van der Waals surface area contributed by atoms with Gasteiger partial charge in [-0.2, -0.15) is 0 Å². The van der Waals surface area contributed by atoms with Crippen LogP contribution in [0.5, 0.6) is 0 Å². The van der Waals surface area contributed by atoms with Crippen LogP contribution in [0.3, 0.4) is 0 Å². The zero-order valence-electron chi connectivity index (χ0n) is 10.9. The molecule has 1 saturated heterocycles. The van der Waals surface area contributed by atoms with E-state index in [1.54, 1.807) is 0 Å². The number of aliphatic imine (C=N–C) groups is 1. The van der Waals surface area contributed by atoms with Crippen LogP contribution in [0.4, 0.5) is 0 Å². The van der Waals surface area contributed by atoms with Crippen LogP contribution in [0.2, 0.25) is 0 Å². The average molecular weight is 225 g/mol. The third-order valence-electron chi connectivity index (χ3n) is 2.56. The molecule has 1 unspecified atom stereocenters. The number of carbonyl (C=O) groups excluding carboxylic acids is 1. The van der Waals surface area contributed by atoms with Crippen molar-refractivity contribution in [1.29, 1.82) is 0 Å². The molecule has 1 amide bonds. The standard InChI is InChI=1S/C12H23N3O/c1-8(2)6-12(5)10(16)14-11(15-12)13-7-9(3)4/h8-9H,6-7H2,1-5H3,(H2,13,14,15,16). The zero-order valence-corrected chi connectivity index (χ0v) is 10.9.